The van der Waals surface area contributed by atoms with E-state index in [9.17, 15) is 38.7 Å². The van der Waals surface area contributed by atoms with Crippen LogP contribution >= 0.6 is 0 Å². The van der Waals surface area contributed by atoms with Crippen LogP contribution in [0.1, 0.15) is 90.9 Å². The largest absolute Gasteiger partial charge is 0.397 e. The number of amides is 1. The van der Waals surface area contributed by atoms with E-state index in [2.05, 4.69) is 22.5 Å². The molecule has 1 aliphatic heterocycles. The third-order valence-corrected chi connectivity index (χ3v) is 7.75. The first-order valence-corrected chi connectivity index (χ1v) is 17.3. The molecule has 0 radical (unpaired) electrons. The molecule has 1 rings (SSSR count). The number of ether oxygens (including phenoxy) is 2. The molecule has 0 aromatic rings. The zero-order chi connectivity index (χ0) is 33.7. The lowest BCUT2D eigenvalue weighted by atomic mass is 9.99. The van der Waals surface area contributed by atoms with E-state index in [1.807, 2.05) is 19.1 Å². The van der Waals surface area contributed by atoms with Gasteiger partial charge in [-0.15, -0.1) is 0 Å². The van der Waals surface area contributed by atoms with E-state index in [-0.39, 0.29) is 6.42 Å². The molecule has 0 aromatic carbocycles. The Balaban J connectivity index is 2.75. The van der Waals surface area contributed by atoms with Crippen molar-refractivity contribution in [1.82, 2.24) is 5.32 Å². The monoisotopic (exact) mass is 665 g/mol. The highest BCUT2D eigenvalue weighted by molar-refractivity contribution is 7.80. The van der Waals surface area contributed by atoms with E-state index in [1.165, 1.54) is 38.2 Å². The molecule has 13 nitrogen and oxygen atoms in total. The summed E-state index contributed by atoms with van der Waals surface area (Å²) in [7, 11) is -5.11. The third kappa shape index (κ3) is 17.7. The Morgan fingerprint density at radius 3 is 2.22 bits per heavy atom. The maximum atomic E-state index is 12.8. The Kier molecular flexibility index (Phi) is 21.6. The normalized spacial score (nSPS) is 24.8. The van der Waals surface area contributed by atoms with Crippen molar-refractivity contribution in [3.8, 4) is 0 Å². The van der Waals surface area contributed by atoms with Gasteiger partial charge >= 0.3 is 10.4 Å². The van der Waals surface area contributed by atoms with Crippen LogP contribution in [0.4, 0.5) is 0 Å². The molecule has 1 heterocycles. The molecule has 14 heteroatoms. The van der Waals surface area contributed by atoms with Gasteiger partial charge in [-0.2, -0.15) is 8.42 Å². The zero-order valence-electron chi connectivity index (χ0n) is 26.5. The predicted molar refractivity (Wildman–Crippen MR) is 168 cm³/mol. The van der Waals surface area contributed by atoms with Gasteiger partial charge in [0.1, 0.15) is 30.5 Å². The summed E-state index contributed by atoms with van der Waals surface area (Å²) in [6, 6.07) is -1.14. The van der Waals surface area contributed by atoms with Crippen molar-refractivity contribution in [2.45, 2.75) is 140 Å². The first-order chi connectivity index (χ1) is 21.4. The van der Waals surface area contributed by atoms with E-state index in [4.69, 9.17) is 14.0 Å². The van der Waals surface area contributed by atoms with Crippen molar-refractivity contribution in [3.63, 3.8) is 0 Å². The van der Waals surface area contributed by atoms with Crippen molar-refractivity contribution in [2.75, 3.05) is 13.2 Å². The minimum atomic E-state index is -5.11. The van der Waals surface area contributed by atoms with Gasteiger partial charge in [0, 0.05) is 6.42 Å². The first kappa shape index (κ1) is 41.3. The summed E-state index contributed by atoms with van der Waals surface area (Å²) in [6.45, 7) is 2.90. The van der Waals surface area contributed by atoms with Gasteiger partial charge in [-0.1, -0.05) is 95.2 Å². The summed E-state index contributed by atoms with van der Waals surface area (Å²) in [5, 5.41) is 54.0. The minimum absolute atomic E-state index is 0.0300. The number of hydrogen-bond donors (Lipinski definition) is 7. The molecule has 262 valence electrons. The summed E-state index contributed by atoms with van der Waals surface area (Å²) in [5.41, 5.74) is 0. The average molecular weight is 666 g/mol. The topological polar surface area (TPSA) is 212 Å². The standard InChI is InChI=1S/C31H55NO12S/c1-3-5-7-9-10-11-12-13-14-15-16-18-20-25(35)30(38)32-23(24(34)19-17-8-6-4-2)22-42-31-28(37)29(44-45(39,40)41)27(36)26(21-33)43-31/h13-14,16-19,23-29,31,33-37H,3-12,15,20-22H2,1-2H3,(H,32,38)(H,39,40,41)/b14-13-,18-16-,19-17+. The molecule has 8 atom stereocenters. The summed E-state index contributed by atoms with van der Waals surface area (Å²) in [6.07, 6.45) is 10.9. The lowest BCUT2D eigenvalue weighted by molar-refractivity contribution is -0.298. The van der Waals surface area contributed by atoms with Gasteiger partial charge in [-0.25, -0.2) is 4.18 Å². The smallest absolute Gasteiger partial charge is 0.394 e. The fourth-order valence-corrected chi connectivity index (χ4v) is 5.11. The van der Waals surface area contributed by atoms with Crippen LogP contribution in [0.2, 0.25) is 0 Å². The van der Waals surface area contributed by atoms with Crippen molar-refractivity contribution >= 4 is 16.3 Å². The zero-order valence-corrected chi connectivity index (χ0v) is 27.3. The number of hydrogen-bond acceptors (Lipinski definition) is 11. The van der Waals surface area contributed by atoms with Gasteiger partial charge in [0.25, 0.3) is 0 Å². The third-order valence-electron chi connectivity index (χ3n) is 7.28. The van der Waals surface area contributed by atoms with E-state index in [0.29, 0.717) is 12.8 Å². The molecule has 0 aliphatic carbocycles. The number of nitrogens with one attached hydrogen (secondary N) is 1. The van der Waals surface area contributed by atoms with Gasteiger partial charge in [0.2, 0.25) is 5.91 Å². The van der Waals surface area contributed by atoms with Crippen LogP contribution in [-0.4, -0.2) is 107 Å². The summed E-state index contributed by atoms with van der Waals surface area (Å²) in [4.78, 5) is 12.8. The number of aliphatic hydroxyl groups excluding tert-OH is 5. The van der Waals surface area contributed by atoms with E-state index in [1.54, 1.807) is 12.2 Å². The number of unbranched alkanes of at least 4 members (excludes halogenated alkanes) is 8. The fourth-order valence-electron chi connectivity index (χ4n) is 4.60. The second-order valence-corrected chi connectivity index (χ2v) is 12.2. The van der Waals surface area contributed by atoms with Crippen molar-refractivity contribution < 1.29 is 57.0 Å². The molecule has 1 aliphatic rings. The molecule has 7 N–H and O–H groups in total. The summed E-state index contributed by atoms with van der Waals surface area (Å²) >= 11 is 0. The quantitative estimate of drug-likeness (QED) is 0.0449. The molecule has 0 aromatic heterocycles. The van der Waals surface area contributed by atoms with E-state index in [0.717, 1.165) is 25.7 Å². The molecule has 45 heavy (non-hydrogen) atoms. The van der Waals surface area contributed by atoms with Crippen molar-refractivity contribution in [3.05, 3.63) is 36.5 Å². The first-order valence-electron chi connectivity index (χ1n) is 16.0. The van der Waals surface area contributed by atoms with Crippen molar-refractivity contribution in [2.24, 2.45) is 0 Å². The summed E-state index contributed by atoms with van der Waals surface area (Å²) < 4.78 is 46.7. The molecule has 0 bridgehead atoms. The number of carbonyl (C=O) groups is 1. The second kappa shape index (κ2) is 23.6. The van der Waals surface area contributed by atoms with Crippen LogP contribution in [-0.2, 0) is 28.9 Å². The molecular formula is C31H55NO12S. The Morgan fingerprint density at radius 2 is 1.56 bits per heavy atom. The highest BCUT2D eigenvalue weighted by Gasteiger charge is 2.48. The Morgan fingerprint density at radius 1 is 0.911 bits per heavy atom. The van der Waals surface area contributed by atoms with Crippen LogP contribution in [0.5, 0.6) is 0 Å². The van der Waals surface area contributed by atoms with Gasteiger partial charge in [0.05, 0.1) is 25.4 Å². The van der Waals surface area contributed by atoms with E-state index >= 15 is 0 Å². The van der Waals surface area contributed by atoms with Gasteiger partial charge < -0.3 is 40.3 Å². The Labute approximate surface area is 267 Å². The number of allylic oxidation sites excluding steroid dienone is 4. The minimum Gasteiger partial charge on any atom is -0.394 e. The lowest BCUT2D eigenvalue weighted by Crippen LogP contribution is -2.61. The maximum absolute atomic E-state index is 12.8. The molecule has 1 fully saturated rings. The number of carbonyl (C=O) groups excluding carboxylic acids is 1. The van der Waals surface area contributed by atoms with E-state index < -0.39 is 78.5 Å². The molecule has 1 saturated heterocycles. The van der Waals surface area contributed by atoms with Crippen LogP contribution in [0.15, 0.2) is 36.5 Å². The van der Waals surface area contributed by atoms with Crippen LogP contribution in [0, 0.1) is 0 Å². The molecular weight excluding hydrogens is 610 g/mol. The number of rotatable bonds is 24. The predicted octanol–water partition coefficient (Wildman–Crippen LogP) is 2.23. The van der Waals surface area contributed by atoms with Gasteiger partial charge in [-0.3, -0.25) is 9.35 Å². The van der Waals surface area contributed by atoms with Crippen LogP contribution in [0.25, 0.3) is 0 Å². The van der Waals surface area contributed by atoms with Crippen LogP contribution < -0.4 is 5.32 Å². The Bertz CT molecular complexity index is 989. The maximum Gasteiger partial charge on any atom is 0.397 e. The fraction of sp³-hybridized carbons (Fsp3) is 0.774. The van der Waals surface area contributed by atoms with Gasteiger partial charge in [0.15, 0.2) is 6.29 Å². The lowest BCUT2D eigenvalue weighted by Gasteiger charge is -2.41. The highest BCUT2D eigenvalue weighted by Crippen LogP contribution is 2.25. The molecule has 1 amide bonds. The van der Waals surface area contributed by atoms with Gasteiger partial charge in [-0.05, 0) is 25.7 Å². The van der Waals surface area contributed by atoms with Crippen LogP contribution in [0.3, 0.4) is 0 Å². The SMILES string of the molecule is CCCC/C=C/C(O)C(COC1OC(CO)C(O)C(OS(=O)(=O)O)C1O)NC(=O)C(O)C/C=C\C/C=C\CCCCCCCC. The van der Waals surface area contributed by atoms with Crippen molar-refractivity contribution in [1.29, 1.82) is 0 Å². The second-order valence-electron chi connectivity index (χ2n) is 11.2. The molecule has 0 saturated carbocycles. The summed E-state index contributed by atoms with van der Waals surface area (Å²) in [5.74, 6) is -0.783. The average Bonchev–Trinajstić information content (AvgIpc) is 3.00. The highest BCUT2D eigenvalue weighted by atomic mass is 32.3. The number of aliphatic hydroxyl groups is 5. The Hall–Kier alpha value is -1.72. The molecule has 8 unspecified atom stereocenters. The molecule has 0 spiro atoms.